The van der Waals surface area contributed by atoms with Crippen molar-refractivity contribution in [1.29, 1.82) is 0 Å². The largest absolute Gasteiger partial charge is 0.347 e. The van der Waals surface area contributed by atoms with Gasteiger partial charge in [0, 0.05) is 34.2 Å². The topological polar surface area (TPSA) is 54.3 Å². The molecule has 1 aromatic heterocycles. The van der Waals surface area contributed by atoms with Crippen LogP contribution in [0, 0.1) is 6.92 Å². The molecule has 5 nitrogen and oxygen atoms in total. The van der Waals surface area contributed by atoms with Gasteiger partial charge in [0.1, 0.15) is 5.57 Å². The SMILES string of the molecule is CCn1cc(/C=C2/C(=O)NN(c3ccc(C)c(Cl)c3)C2=O)c2ccccc21. The maximum absolute atomic E-state index is 12.9. The van der Waals surface area contributed by atoms with E-state index < -0.39 is 11.8 Å². The summed E-state index contributed by atoms with van der Waals surface area (Å²) >= 11 is 6.16. The predicted molar refractivity (Wildman–Crippen MR) is 107 cm³/mol. The Morgan fingerprint density at radius 3 is 2.67 bits per heavy atom. The van der Waals surface area contributed by atoms with Crippen molar-refractivity contribution in [1.82, 2.24) is 9.99 Å². The molecule has 1 aliphatic heterocycles. The first-order chi connectivity index (χ1) is 13.0. The van der Waals surface area contributed by atoms with Crippen molar-refractivity contribution >= 4 is 46.1 Å². The van der Waals surface area contributed by atoms with E-state index in [2.05, 4.69) is 16.9 Å². The Morgan fingerprint density at radius 2 is 1.93 bits per heavy atom. The highest BCUT2D eigenvalue weighted by molar-refractivity contribution is 6.33. The molecule has 2 aromatic carbocycles. The number of benzene rings is 2. The van der Waals surface area contributed by atoms with E-state index in [4.69, 9.17) is 11.6 Å². The Hall–Kier alpha value is -3.05. The molecule has 4 rings (SSSR count). The number of aromatic nitrogens is 1. The number of amides is 2. The number of halogens is 1. The first kappa shape index (κ1) is 17.4. The second kappa shape index (κ2) is 6.59. The summed E-state index contributed by atoms with van der Waals surface area (Å²) in [5.74, 6) is -0.821. The molecule has 6 heteroatoms. The number of nitrogens with zero attached hydrogens (tertiary/aromatic N) is 2. The summed E-state index contributed by atoms with van der Waals surface area (Å²) in [6.07, 6.45) is 3.62. The highest BCUT2D eigenvalue weighted by Gasteiger charge is 2.34. The third-order valence-corrected chi connectivity index (χ3v) is 5.17. The molecule has 0 radical (unpaired) electrons. The van der Waals surface area contributed by atoms with Crippen LogP contribution in [0.5, 0.6) is 0 Å². The summed E-state index contributed by atoms with van der Waals surface area (Å²) in [5.41, 5.74) is 6.07. The van der Waals surface area contributed by atoms with Crippen molar-refractivity contribution in [3.05, 3.63) is 70.4 Å². The van der Waals surface area contributed by atoms with Gasteiger partial charge in [0.05, 0.1) is 5.69 Å². The minimum atomic E-state index is -0.426. The van der Waals surface area contributed by atoms with Crippen LogP contribution in [-0.2, 0) is 16.1 Å². The number of nitrogens with one attached hydrogen (secondary N) is 1. The van der Waals surface area contributed by atoms with Crippen LogP contribution >= 0.6 is 11.6 Å². The van der Waals surface area contributed by atoms with Gasteiger partial charge in [0.25, 0.3) is 11.8 Å². The van der Waals surface area contributed by atoms with E-state index in [-0.39, 0.29) is 5.57 Å². The fraction of sp³-hybridized carbons (Fsp3) is 0.143. The lowest BCUT2D eigenvalue weighted by Gasteiger charge is -2.15. The van der Waals surface area contributed by atoms with Gasteiger partial charge in [-0.25, -0.2) is 5.01 Å². The summed E-state index contributed by atoms with van der Waals surface area (Å²) in [6, 6.07) is 13.2. The monoisotopic (exact) mass is 379 g/mol. The molecular weight excluding hydrogens is 362 g/mol. The Morgan fingerprint density at radius 1 is 1.15 bits per heavy atom. The standard InChI is InChI=1S/C21H18ClN3O2/c1-3-24-12-14(16-6-4-5-7-19(16)24)10-17-20(26)23-25(21(17)27)15-9-8-13(2)18(22)11-15/h4-12H,3H2,1-2H3,(H,23,26)/b17-10-. The van der Waals surface area contributed by atoms with Crippen LogP contribution in [-0.4, -0.2) is 16.4 Å². The van der Waals surface area contributed by atoms with Gasteiger partial charge in [-0.1, -0.05) is 35.9 Å². The van der Waals surface area contributed by atoms with Crippen LogP contribution in [0.1, 0.15) is 18.1 Å². The van der Waals surface area contributed by atoms with E-state index in [0.717, 1.165) is 28.6 Å². The molecule has 0 atom stereocenters. The number of fused-ring (bicyclic) bond motifs is 1. The third-order valence-electron chi connectivity index (χ3n) is 4.77. The summed E-state index contributed by atoms with van der Waals surface area (Å²) in [4.78, 5) is 25.3. The minimum absolute atomic E-state index is 0.103. The average Bonchev–Trinajstić information content (AvgIpc) is 3.16. The number of hydrogen-bond donors (Lipinski definition) is 1. The number of carbonyl (C=O) groups excluding carboxylic acids is 2. The summed E-state index contributed by atoms with van der Waals surface area (Å²) in [7, 11) is 0. The van der Waals surface area contributed by atoms with Gasteiger partial charge in [-0.05, 0) is 43.7 Å². The van der Waals surface area contributed by atoms with Crippen molar-refractivity contribution in [2.24, 2.45) is 0 Å². The van der Waals surface area contributed by atoms with E-state index >= 15 is 0 Å². The van der Waals surface area contributed by atoms with Crippen molar-refractivity contribution < 1.29 is 9.59 Å². The van der Waals surface area contributed by atoms with Crippen LogP contribution in [0.4, 0.5) is 5.69 Å². The lowest BCUT2D eigenvalue weighted by atomic mass is 10.1. The quantitative estimate of drug-likeness (QED) is 0.550. The van der Waals surface area contributed by atoms with E-state index in [1.807, 2.05) is 43.5 Å². The van der Waals surface area contributed by atoms with Crippen molar-refractivity contribution in [2.45, 2.75) is 20.4 Å². The Kier molecular flexibility index (Phi) is 4.24. The number of carbonyl (C=O) groups is 2. The van der Waals surface area contributed by atoms with Crippen LogP contribution in [0.25, 0.3) is 17.0 Å². The minimum Gasteiger partial charge on any atom is -0.347 e. The second-order valence-electron chi connectivity index (χ2n) is 6.46. The summed E-state index contributed by atoms with van der Waals surface area (Å²) in [6.45, 7) is 4.74. The molecule has 1 aliphatic rings. The zero-order valence-electron chi connectivity index (χ0n) is 15.0. The highest BCUT2D eigenvalue weighted by atomic mass is 35.5. The fourth-order valence-corrected chi connectivity index (χ4v) is 3.44. The van der Waals surface area contributed by atoms with Crippen LogP contribution in [0.3, 0.4) is 0 Å². The number of aryl methyl sites for hydroxylation is 2. The normalized spacial score (nSPS) is 15.8. The van der Waals surface area contributed by atoms with E-state index in [9.17, 15) is 9.59 Å². The van der Waals surface area contributed by atoms with E-state index in [1.165, 1.54) is 5.01 Å². The first-order valence-electron chi connectivity index (χ1n) is 8.70. The Balaban J connectivity index is 1.75. The zero-order chi connectivity index (χ0) is 19.1. The Bertz CT molecular complexity index is 1110. The van der Waals surface area contributed by atoms with Crippen molar-refractivity contribution in [3.8, 4) is 0 Å². The van der Waals surface area contributed by atoms with E-state index in [0.29, 0.717) is 10.7 Å². The molecule has 0 spiro atoms. The van der Waals surface area contributed by atoms with Gasteiger partial charge in [0.2, 0.25) is 0 Å². The van der Waals surface area contributed by atoms with Gasteiger partial charge >= 0.3 is 0 Å². The number of anilines is 1. The molecule has 1 N–H and O–H groups in total. The zero-order valence-corrected chi connectivity index (χ0v) is 15.7. The van der Waals surface area contributed by atoms with Crippen molar-refractivity contribution in [2.75, 3.05) is 5.01 Å². The van der Waals surface area contributed by atoms with Gasteiger partial charge in [-0.15, -0.1) is 0 Å². The van der Waals surface area contributed by atoms with Crippen LogP contribution in [0.15, 0.2) is 54.2 Å². The predicted octanol–water partition coefficient (Wildman–Crippen LogP) is 4.08. The number of hydrazine groups is 1. The average molecular weight is 380 g/mol. The Labute approximate surface area is 161 Å². The van der Waals surface area contributed by atoms with Crippen molar-refractivity contribution in [3.63, 3.8) is 0 Å². The molecule has 3 aromatic rings. The maximum Gasteiger partial charge on any atom is 0.282 e. The molecule has 0 bridgehead atoms. The summed E-state index contributed by atoms with van der Waals surface area (Å²) in [5, 5.41) is 2.78. The number of hydrogen-bond acceptors (Lipinski definition) is 2. The van der Waals surface area contributed by atoms with Gasteiger partial charge in [-0.3, -0.25) is 15.0 Å². The maximum atomic E-state index is 12.9. The molecular formula is C21H18ClN3O2. The molecule has 1 fully saturated rings. The molecule has 2 heterocycles. The molecule has 0 aliphatic carbocycles. The van der Waals surface area contributed by atoms with Gasteiger partial charge < -0.3 is 4.57 Å². The first-order valence-corrected chi connectivity index (χ1v) is 9.08. The van der Waals surface area contributed by atoms with Crippen LogP contribution < -0.4 is 10.4 Å². The lowest BCUT2D eigenvalue weighted by molar-refractivity contribution is -0.117. The molecule has 136 valence electrons. The highest BCUT2D eigenvalue weighted by Crippen LogP contribution is 2.28. The van der Waals surface area contributed by atoms with Gasteiger partial charge in [-0.2, -0.15) is 0 Å². The smallest absolute Gasteiger partial charge is 0.282 e. The second-order valence-corrected chi connectivity index (χ2v) is 6.87. The molecule has 1 saturated heterocycles. The third kappa shape index (κ3) is 2.90. The van der Waals surface area contributed by atoms with E-state index in [1.54, 1.807) is 18.2 Å². The molecule has 27 heavy (non-hydrogen) atoms. The fourth-order valence-electron chi connectivity index (χ4n) is 3.27. The number of rotatable bonds is 3. The molecule has 0 saturated carbocycles. The van der Waals surface area contributed by atoms with Gasteiger partial charge in [0.15, 0.2) is 0 Å². The molecule has 2 amide bonds. The number of para-hydroxylation sites is 1. The lowest BCUT2D eigenvalue weighted by Crippen LogP contribution is -2.35. The molecule has 0 unspecified atom stereocenters. The van der Waals surface area contributed by atoms with Crippen LogP contribution in [0.2, 0.25) is 5.02 Å². The summed E-state index contributed by atoms with van der Waals surface area (Å²) < 4.78 is 2.09.